The number of rotatable bonds is 4. The minimum Gasteiger partial charge on any atom is -0.395 e. The van der Waals surface area contributed by atoms with Gasteiger partial charge < -0.3 is 20.6 Å². The molecule has 6 heteroatoms. The van der Waals surface area contributed by atoms with E-state index in [1.54, 1.807) is 4.90 Å². The Labute approximate surface area is 88.5 Å². The van der Waals surface area contributed by atoms with Crippen LogP contribution in [0, 0.1) is 0 Å². The van der Waals surface area contributed by atoms with Crippen LogP contribution in [0.3, 0.4) is 0 Å². The Morgan fingerprint density at radius 3 is 2.67 bits per heavy atom. The highest BCUT2D eigenvalue weighted by Gasteiger charge is 2.40. The molecule has 0 aromatic rings. The summed E-state index contributed by atoms with van der Waals surface area (Å²) in [4.78, 5) is 12.6. The van der Waals surface area contributed by atoms with Crippen molar-refractivity contribution in [3.63, 3.8) is 0 Å². The van der Waals surface area contributed by atoms with E-state index in [0.717, 1.165) is 0 Å². The first-order valence-corrected chi connectivity index (χ1v) is 5.01. The number of hydrogen-bond donors (Lipinski definition) is 4. The Morgan fingerprint density at radius 2 is 2.20 bits per heavy atom. The summed E-state index contributed by atoms with van der Waals surface area (Å²) in [6.45, 7) is 2.01. The molecule has 3 atom stereocenters. The minimum absolute atomic E-state index is 0.0317. The van der Waals surface area contributed by atoms with Crippen LogP contribution in [0.2, 0.25) is 0 Å². The largest absolute Gasteiger partial charge is 0.395 e. The Hall–Kier alpha value is -0.690. The molecule has 88 valence electrons. The fourth-order valence-corrected chi connectivity index (χ4v) is 1.98. The molecule has 1 amide bonds. The van der Waals surface area contributed by atoms with Crippen molar-refractivity contribution in [3.8, 4) is 0 Å². The van der Waals surface area contributed by atoms with Crippen molar-refractivity contribution < 1.29 is 20.1 Å². The Kier molecular flexibility index (Phi) is 4.46. The lowest BCUT2D eigenvalue weighted by molar-refractivity contribution is -0.120. The van der Waals surface area contributed by atoms with Gasteiger partial charge in [0.15, 0.2) is 0 Å². The summed E-state index contributed by atoms with van der Waals surface area (Å²) < 4.78 is 0. The van der Waals surface area contributed by atoms with Crippen LogP contribution in [-0.2, 0) is 4.79 Å². The van der Waals surface area contributed by atoms with Crippen molar-refractivity contribution in [2.24, 2.45) is 0 Å². The first-order chi connectivity index (χ1) is 7.10. The minimum atomic E-state index is -0.787. The molecule has 1 heterocycles. The summed E-state index contributed by atoms with van der Waals surface area (Å²) in [5.41, 5.74) is 0. The van der Waals surface area contributed by atoms with Crippen LogP contribution in [0.25, 0.3) is 0 Å². The molecule has 0 saturated carbocycles. The van der Waals surface area contributed by atoms with Gasteiger partial charge in [-0.25, -0.2) is 0 Å². The van der Waals surface area contributed by atoms with Crippen LogP contribution in [0.4, 0.5) is 0 Å². The molecule has 1 fully saturated rings. The molecule has 0 aliphatic carbocycles. The van der Waals surface area contributed by atoms with Gasteiger partial charge in [0.25, 0.3) is 0 Å². The number of aliphatic hydroxyl groups is 3. The van der Waals surface area contributed by atoms with E-state index in [1.165, 1.54) is 6.92 Å². The van der Waals surface area contributed by atoms with E-state index in [1.807, 2.05) is 0 Å². The summed E-state index contributed by atoms with van der Waals surface area (Å²) in [6, 6.07) is -0.778. The predicted molar refractivity (Wildman–Crippen MR) is 53.1 cm³/mol. The normalized spacial score (nSPS) is 31.9. The van der Waals surface area contributed by atoms with Crippen molar-refractivity contribution in [2.75, 3.05) is 26.3 Å². The van der Waals surface area contributed by atoms with Gasteiger partial charge in [0, 0.05) is 20.0 Å². The molecule has 6 nitrogen and oxygen atoms in total. The number of hydrogen-bond acceptors (Lipinski definition) is 5. The zero-order valence-electron chi connectivity index (χ0n) is 8.76. The third-order valence-electron chi connectivity index (χ3n) is 2.67. The first-order valence-electron chi connectivity index (χ1n) is 5.01. The third kappa shape index (κ3) is 2.88. The molecular formula is C9H18N2O4. The van der Waals surface area contributed by atoms with Gasteiger partial charge in [0.2, 0.25) is 5.91 Å². The number of likely N-dealkylation sites (tertiary alicyclic amines) is 1. The number of nitrogens with zero attached hydrogens (tertiary/aromatic N) is 1. The van der Waals surface area contributed by atoms with Crippen LogP contribution >= 0.6 is 0 Å². The van der Waals surface area contributed by atoms with Crippen LogP contribution in [0.5, 0.6) is 0 Å². The van der Waals surface area contributed by atoms with E-state index < -0.39 is 12.1 Å². The van der Waals surface area contributed by atoms with Gasteiger partial charge in [-0.1, -0.05) is 0 Å². The lowest BCUT2D eigenvalue weighted by atomic mass is 10.1. The van der Waals surface area contributed by atoms with Gasteiger partial charge in [-0.15, -0.1) is 0 Å². The number of nitrogens with one attached hydrogen (secondary N) is 1. The number of β-amino-alcohol motifs (C(OH)–C–C–N with tert-alkyl or cyclic N) is 1. The highest BCUT2D eigenvalue weighted by molar-refractivity contribution is 5.73. The molecule has 15 heavy (non-hydrogen) atoms. The van der Waals surface area contributed by atoms with Crippen LogP contribution in [0.1, 0.15) is 6.92 Å². The fourth-order valence-electron chi connectivity index (χ4n) is 1.98. The summed E-state index contributed by atoms with van der Waals surface area (Å²) >= 11 is 0. The van der Waals surface area contributed by atoms with Crippen molar-refractivity contribution in [2.45, 2.75) is 25.1 Å². The van der Waals surface area contributed by atoms with E-state index in [4.69, 9.17) is 10.2 Å². The number of carbonyl (C=O) groups excluding carboxylic acids is 1. The monoisotopic (exact) mass is 218 g/mol. The van der Waals surface area contributed by atoms with Crippen molar-refractivity contribution in [3.05, 3.63) is 0 Å². The van der Waals surface area contributed by atoms with Crippen molar-refractivity contribution in [1.82, 2.24) is 10.2 Å². The molecule has 1 saturated heterocycles. The molecule has 1 aliphatic rings. The second-order valence-electron chi connectivity index (χ2n) is 3.77. The first kappa shape index (κ1) is 12.4. The fraction of sp³-hybridized carbons (Fsp3) is 0.889. The highest BCUT2D eigenvalue weighted by Crippen LogP contribution is 2.17. The number of carbonyl (C=O) groups is 1. The molecule has 1 aliphatic heterocycles. The standard InChI is InChI=1S/C9H18N2O4/c1-6(14)10-7-4-11(2-3-12)8(5-13)9(7)15/h7-9,12-13,15H,2-5H2,1H3,(H,10,14)/t7-,8+,9-/m0/s1. The van der Waals surface area contributed by atoms with E-state index in [0.29, 0.717) is 13.1 Å². The Morgan fingerprint density at radius 1 is 1.53 bits per heavy atom. The average molecular weight is 218 g/mol. The maximum Gasteiger partial charge on any atom is 0.217 e. The summed E-state index contributed by atoms with van der Waals surface area (Å²) in [7, 11) is 0. The lowest BCUT2D eigenvalue weighted by Gasteiger charge is -2.22. The summed E-state index contributed by atoms with van der Waals surface area (Å²) in [5.74, 6) is -0.207. The maximum absolute atomic E-state index is 10.9. The van der Waals surface area contributed by atoms with E-state index in [-0.39, 0.29) is 25.2 Å². The molecule has 0 aromatic heterocycles. The zero-order valence-corrected chi connectivity index (χ0v) is 8.76. The number of aliphatic hydroxyl groups excluding tert-OH is 3. The smallest absolute Gasteiger partial charge is 0.217 e. The Balaban J connectivity index is 2.60. The molecule has 0 aromatic carbocycles. The second-order valence-corrected chi connectivity index (χ2v) is 3.77. The van der Waals surface area contributed by atoms with Gasteiger partial charge >= 0.3 is 0 Å². The molecule has 0 spiro atoms. The molecule has 4 N–H and O–H groups in total. The molecule has 0 bridgehead atoms. The van der Waals surface area contributed by atoms with Crippen LogP contribution in [0.15, 0.2) is 0 Å². The number of amides is 1. The average Bonchev–Trinajstić information content (AvgIpc) is 2.43. The van der Waals surface area contributed by atoms with E-state index >= 15 is 0 Å². The van der Waals surface area contributed by atoms with Crippen molar-refractivity contribution in [1.29, 1.82) is 0 Å². The SMILES string of the molecule is CC(=O)N[C@H]1CN(CCO)[C@H](CO)[C@H]1O. The van der Waals surface area contributed by atoms with Crippen LogP contribution in [-0.4, -0.2) is 70.6 Å². The van der Waals surface area contributed by atoms with E-state index in [9.17, 15) is 9.90 Å². The highest BCUT2D eigenvalue weighted by atomic mass is 16.3. The summed E-state index contributed by atoms with van der Waals surface area (Å²) in [5, 5.41) is 30.3. The van der Waals surface area contributed by atoms with Gasteiger partial charge in [-0.05, 0) is 0 Å². The maximum atomic E-state index is 10.9. The molecular weight excluding hydrogens is 200 g/mol. The molecule has 0 radical (unpaired) electrons. The lowest BCUT2D eigenvalue weighted by Crippen LogP contribution is -2.44. The van der Waals surface area contributed by atoms with Gasteiger partial charge in [-0.2, -0.15) is 0 Å². The second kappa shape index (κ2) is 5.41. The van der Waals surface area contributed by atoms with Crippen molar-refractivity contribution >= 4 is 5.91 Å². The summed E-state index contributed by atoms with van der Waals surface area (Å²) in [6.07, 6.45) is -0.787. The zero-order chi connectivity index (χ0) is 11.4. The van der Waals surface area contributed by atoms with Gasteiger partial charge in [0.05, 0.1) is 31.4 Å². The topological polar surface area (TPSA) is 93.0 Å². The predicted octanol–water partition coefficient (Wildman–Crippen LogP) is -2.48. The van der Waals surface area contributed by atoms with Gasteiger partial charge in [-0.3, -0.25) is 9.69 Å². The Bertz CT molecular complexity index is 224. The quantitative estimate of drug-likeness (QED) is 0.419. The third-order valence-corrected chi connectivity index (χ3v) is 2.67. The molecule has 0 unspecified atom stereocenters. The molecule has 1 rings (SSSR count). The van der Waals surface area contributed by atoms with E-state index in [2.05, 4.69) is 5.32 Å². The van der Waals surface area contributed by atoms with Gasteiger partial charge in [0.1, 0.15) is 0 Å². The van der Waals surface area contributed by atoms with Crippen LogP contribution < -0.4 is 5.32 Å².